The van der Waals surface area contributed by atoms with Gasteiger partial charge in [-0.15, -0.1) is 11.8 Å². The predicted molar refractivity (Wildman–Crippen MR) is 67.3 cm³/mol. The van der Waals surface area contributed by atoms with E-state index >= 15 is 0 Å². The highest BCUT2D eigenvalue weighted by molar-refractivity contribution is 8.00. The van der Waals surface area contributed by atoms with E-state index in [1.807, 2.05) is 20.8 Å². The monoisotopic (exact) mass is 243 g/mol. The molecule has 3 nitrogen and oxygen atoms in total. The first kappa shape index (κ1) is 13.6. The molecule has 0 saturated carbocycles. The molecule has 1 fully saturated rings. The number of carbonyl (C=O) groups excluding carboxylic acids is 2. The van der Waals surface area contributed by atoms with E-state index in [1.54, 1.807) is 11.8 Å². The van der Waals surface area contributed by atoms with Crippen molar-refractivity contribution < 1.29 is 9.59 Å². The summed E-state index contributed by atoms with van der Waals surface area (Å²) < 4.78 is 0. The molecule has 1 saturated heterocycles. The maximum Gasteiger partial charge on any atom is 0.243 e. The highest BCUT2D eigenvalue weighted by atomic mass is 32.2. The van der Waals surface area contributed by atoms with Crippen LogP contribution in [0.1, 0.15) is 41.0 Å². The van der Waals surface area contributed by atoms with Gasteiger partial charge in [0.05, 0.1) is 5.25 Å². The number of hydrogen-bond donors (Lipinski definition) is 0. The van der Waals surface area contributed by atoms with Crippen LogP contribution in [0.15, 0.2) is 0 Å². The van der Waals surface area contributed by atoms with Gasteiger partial charge in [0.1, 0.15) is 0 Å². The van der Waals surface area contributed by atoms with E-state index in [1.165, 1.54) is 4.90 Å². The number of imide groups is 1. The Morgan fingerprint density at radius 1 is 1.38 bits per heavy atom. The topological polar surface area (TPSA) is 37.4 Å². The Morgan fingerprint density at radius 3 is 2.31 bits per heavy atom. The number of rotatable bonds is 3. The van der Waals surface area contributed by atoms with Gasteiger partial charge in [-0.2, -0.15) is 0 Å². The fraction of sp³-hybridized carbons (Fsp3) is 0.833. The molecule has 0 aromatic carbocycles. The Kier molecular flexibility index (Phi) is 4.05. The highest BCUT2D eigenvalue weighted by Crippen LogP contribution is 2.31. The van der Waals surface area contributed by atoms with Crippen LogP contribution in [0.2, 0.25) is 0 Å². The van der Waals surface area contributed by atoms with Crippen LogP contribution in [0.5, 0.6) is 0 Å². The van der Waals surface area contributed by atoms with Gasteiger partial charge in [0.2, 0.25) is 11.8 Å². The molecule has 2 amide bonds. The van der Waals surface area contributed by atoms with Gasteiger partial charge in [-0.3, -0.25) is 14.5 Å². The van der Waals surface area contributed by atoms with Crippen molar-refractivity contribution >= 4 is 23.6 Å². The molecule has 1 atom stereocenters. The van der Waals surface area contributed by atoms with Crippen LogP contribution in [-0.4, -0.2) is 33.3 Å². The summed E-state index contributed by atoms with van der Waals surface area (Å²) in [5.41, 5.74) is -0.388. The number of amides is 2. The molecule has 1 aliphatic heterocycles. The number of hydrogen-bond acceptors (Lipinski definition) is 3. The molecule has 0 aromatic rings. The predicted octanol–water partition coefficient (Wildman–Crippen LogP) is 2.30. The van der Waals surface area contributed by atoms with Gasteiger partial charge in [-0.1, -0.05) is 13.8 Å². The molecular formula is C12H21NO2S. The summed E-state index contributed by atoms with van der Waals surface area (Å²) in [6, 6.07) is 0. The Bertz CT molecular complexity index is 294. The lowest BCUT2D eigenvalue weighted by atomic mass is 10.1. The third kappa shape index (κ3) is 3.00. The second-order valence-electron chi connectivity index (χ2n) is 5.66. The normalized spacial score (nSPS) is 22.4. The zero-order chi connectivity index (χ0) is 12.5. The first-order valence-electron chi connectivity index (χ1n) is 5.72. The maximum atomic E-state index is 12.1. The lowest BCUT2D eigenvalue weighted by Crippen LogP contribution is -2.45. The third-order valence-electron chi connectivity index (χ3n) is 2.41. The van der Waals surface area contributed by atoms with E-state index < -0.39 is 0 Å². The van der Waals surface area contributed by atoms with Crippen molar-refractivity contribution in [1.29, 1.82) is 0 Å². The number of carbonyl (C=O) groups is 2. The zero-order valence-electron chi connectivity index (χ0n) is 10.7. The van der Waals surface area contributed by atoms with Gasteiger partial charge in [-0.05, 0) is 32.4 Å². The SMILES string of the molecule is CC(C)CSC1CC(=O)N(C(C)(C)C)C1=O. The van der Waals surface area contributed by atoms with E-state index in [0.29, 0.717) is 12.3 Å². The van der Waals surface area contributed by atoms with Crippen LogP contribution in [0.4, 0.5) is 0 Å². The van der Waals surface area contributed by atoms with Gasteiger partial charge in [0.15, 0.2) is 0 Å². The highest BCUT2D eigenvalue weighted by Gasteiger charge is 2.44. The molecule has 0 aromatic heterocycles. The van der Waals surface area contributed by atoms with Gasteiger partial charge in [0.25, 0.3) is 0 Å². The number of nitrogens with zero attached hydrogens (tertiary/aromatic N) is 1. The molecular weight excluding hydrogens is 222 g/mol. The molecule has 0 bridgehead atoms. The second kappa shape index (κ2) is 4.78. The van der Waals surface area contributed by atoms with E-state index in [4.69, 9.17) is 0 Å². The first-order chi connectivity index (χ1) is 7.23. The van der Waals surface area contributed by atoms with Crippen LogP contribution in [0, 0.1) is 5.92 Å². The van der Waals surface area contributed by atoms with Crippen molar-refractivity contribution in [3.05, 3.63) is 0 Å². The van der Waals surface area contributed by atoms with Crippen LogP contribution in [0.25, 0.3) is 0 Å². The summed E-state index contributed by atoms with van der Waals surface area (Å²) in [5.74, 6) is 1.44. The lowest BCUT2D eigenvalue weighted by Gasteiger charge is -2.30. The van der Waals surface area contributed by atoms with Crippen molar-refractivity contribution in [2.24, 2.45) is 5.92 Å². The molecule has 1 heterocycles. The van der Waals surface area contributed by atoms with E-state index in [9.17, 15) is 9.59 Å². The maximum absolute atomic E-state index is 12.1. The minimum absolute atomic E-state index is 0.0110. The molecule has 4 heteroatoms. The Balaban J connectivity index is 2.68. The number of likely N-dealkylation sites (tertiary alicyclic amines) is 1. The van der Waals surface area contributed by atoms with Crippen molar-refractivity contribution in [3.63, 3.8) is 0 Å². The van der Waals surface area contributed by atoms with Crippen molar-refractivity contribution in [2.75, 3.05) is 5.75 Å². The van der Waals surface area contributed by atoms with Gasteiger partial charge in [-0.25, -0.2) is 0 Å². The number of thioether (sulfide) groups is 1. The zero-order valence-corrected chi connectivity index (χ0v) is 11.6. The summed E-state index contributed by atoms with van der Waals surface area (Å²) in [4.78, 5) is 25.3. The molecule has 1 unspecified atom stereocenters. The van der Waals surface area contributed by atoms with Gasteiger partial charge in [0, 0.05) is 12.0 Å². The molecule has 0 N–H and O–H groups in total. The molecule has 16 heavy (non-hydrogen) atoms. The van der Waals surface area contributed by atoms with Crippen LogP contribution < -0.4 is 0 Å². The summed E-state index contributed by atoms with van der Waals surface area (Å²) in [6.45, 7) is 9.94. The summed E-state index contributed by atoms with van der Waals surface area (Å²) in [5, 5.41) is -0.158. The van der Waals surface area contributed by atoms with Crippen LogP contribution in [0.3, 0.4) is 0 Å². The summed E-state index contributed by atoms with van der Waals surface area (Å²) in [7, 11) is 0. The Labute approximate surface area is 102 Å². The minimum atomic E-state index is -0.388. The fourth-order valence-corrected chi connectivity index (χ4v) is 2.87. The van der Waals surface area contributed by atoms with Gasteiger partial charge < -0.3 is 0 Å². The fourth-order valence-electron chi connectivity index (χ4n) is 1.75. The summed E-state index contributed by atoms with van der Waals surface area (Å²) >= 11 is 1.61. The largest absolute Gasteiger partial charge is 0.276 e. The molecule has 0 spiro atoms. The van der Waals surface area contributed by atoms with E-state index in [0.717, 1.165) is 5.75 Å². The quantitative estimate of drug-likeness (QED) is 0.714. The first-order valence-corrected chi connectivity index (χ1v) is 6.77. The van der Waals surface area contributed by atoms with Crippen LogP contribution in [-0.2, 0) is 9.59 Å². The van der Waals surface area contributed by atoms with Gasteiger partial charge >= 0.3 is 0 Å². The smallest absolute Gasteiger partial charge is 0.243 e. The standard InChI is InChI=1S/C12H21NO2S/c1-8(2)7-16-9-6-10(14)13(11(9)15)12(3,4)5/h8-9H,6-7H2,1-5H3. The minimum Gasteiger partial charge on any atom is -0.276 e. The molecule has 1 aliphatic rings. The van der Waals surface area contributed by atoms with Crippen LogP contribution >= 0.6 is 11.8 Å². The van der Waals surface area contributed by atoms with Crippen molar-refractivity contribution in [3.8, 4) is 0 Å². The Morgan fingerprint density at radius 2 is 1.94 bits per heavy atom. The molecule has 0 radical (unpaired) electrons. The lowest BCUT2D eigenvalue weighted by molar-refractivity contribution is -0.143. The average Bonchev–Trinajstić information content (AvgIpc) is 2.36. The average molecular weight is 243 g/mol. The van der Waals surface area contributed by atoms with Crippen molar-refractivity contribution in [2.45, 2.75) is 51.8 Å². The molecule has 92 valence electrons. The second-order valence-corrected chi connectivity index (χ2v) is 6.89. The Hall–Kier alpha value is -0.510. The third-order valence-corrected chi connectivity index (χ3v) is 4.04. The molecule has 1 rings (SSSR count). The van der Waals surface area contributed by atoms with E-state index in [2.05, 4.69) is 13.8 Å². The summed E-state index contributed by atoms with van der Waals surface area (Å²) in [6.07, 6.45) is 0.369. The molecule has 0 aliphatic carbocycles. The van der Waals surface area contributed by atoms with E-state index in [-0.39, 0.29) is 22.6 Å². The van der Waals surface area contributed by atoms with Crippen molar-refractivity contribution in [1.82, 2.24) is 4.90 Å².